The molecular weight excluding hydrogens is 438 g/mol. The molecule has 3 aliphatic heterocycles. The van der Waals surface area contributed by atoms with Gasteiger partial charge >= 0.3 is 0 Å². The maximum Gasteiger partial charge on any atom is 0.244 e. The summed E-state index contributed by atoms with van der Waals surface area (Å²) in [7, 11) is -1.38. The number of likely N-dealkylation sites (tertiary alicyclic amines) is 1. The Kier molecular flexibility index (Phi) is 5.58. The molecule has 1 aromatic rings. The van der Waals surface area contributed by atoms with Crippen LogP contribution in [0, 0.1) is 10.8 Å². The summed E-state index contributed by atoms with van der Waals surface area (Å²) < 4.78 is 28.2. The number of hydrogen-bond donors (Lipinski definition) is 1. The molecule has 1 N–H and O–H groups in total. The van der Waals surface area contributed by atoms with Crippen molar-refractivity contribution in [3.63, 3.8) is 0 Å². The summed E-state index contributed by atoms with van der Waals surface area (Å²) in [6, 6.07) is 5.83. The fourth-order valence-corrected chi connectivity index (χ4v) is 9.17. The zero-order chi connectivity index (χ0) is 21.0. The van der Waals surface area contributed by atoms with E-state index in [4.69, 9.17) is 11.6 Å². The highest BCUT2D eigenvalue weighted by atomic mass is 35.5. The molecule has 1 aromatic carbocycles. The van der Waals surface area contributed by atoms with Gasteiger partial charge in [0.2, 0.25) is 10.0 Å². The summed E-state index contributed by atoms with van der Waals surface area (Å²) >= 11 is 8.51. The third-order valence-corrected chi connectivity index (χ3v) is 11.7. The van der Waals surface area contributed by atoms with E-state index < -0.39 is 10.0 Å². The second-order valence-electron chi connectivity index (χ2n) is 10.1. The highest BCUT2D eigenvalue weighted by Gasteiger charge is 2.49. The van der Waals surface area contributed by atoms with Crippen molar-refractivity contribution >= 4 is 39.1 Å². The monoisotopic (exact) mass is 469 g/mol. The SMILES string of the molecule is CN1CCCC2(CCN(S(=O)(=O)c3ccc(NC4CC5(CSC5)C4)cc3Cl)CC2)C1. The van der Waals surface area contributed by atoms with Gasteiger partial charge in [0.1, 0.15) is 4.90 Å². The molecule has 2 spiro atoms. The molecule has 0 bridgehead atoms. The zero-order valence-corrected chi connectivity index (χ0v) is 20.1. The van der Waals surface area contributed by atoms with Gasteiger partial charge in [-0.05, 0) is 92.7 Å². The van der Waals surface area contributed by atoms with E-state index in [1.165, 1.54) is 37.2 Å². The minimum absolute atomic E-state index is 0.243. The molecule has 4 fully saturated rings. The Hall–Kier alpha value is -0.470. The average Bonchev–Trinajstić information content (AvgIpc) is 2.63. The van der Waals surface area contributed by atoms with E-state index in [-0.39, 0.29) is 10.3 Å². The molecule has 3 saturated heterocycles. The van der Waals surface area contributed by atoms with Crippen LogP contribution < -0.4 is 5.32 Å². The maximum atomic E-state index is 13.3. The first-order chi connectivity index (χ1) is 14.3. The van der Waals surface area contributed by atoms with Crippen LogP contribution in [0.25, 0.3) is 0 Å². The quantitative estimate of drug-likeness (QED) is 0.718. The third-order valence-electron chi connectivity index (χ3n) is 7.73. The molecule has 166 valence electrons. The average molecular weight is 470 g/mol. The minimum Gasteiger partial charge on any atom is -0.382 e. The van der Waals surface area contributed by atoms with Gasteiger partial charge in [0.05, 0.1) is 5.02 Å². The highest BCUT2D eigenvalue weighted by Crippen LogP contribution is 2.53. The van der Waals surface area contributed by atoms with E-state index in [0.29, 0.717) is 29.6 Å². The Morgan fingerprint density at radius 3 is 2.43 bits per heavy atom. The fourth-order valence-electron chi connectivity index (χ4n) is 5.95. The van der Waals surface area contributed by atoms with E-state index in [0.717, 1.165) is 31.6 Å². The van der Waals surface area contributed by atoms with Crippen molar-refractivity contribution in [2.75, 3.05) is 50.0 Å². The van der Waals surface area contributed by atoms with Gasteiger partial charge in [-0.25, -0.2) is 8.42 Å². The number of thioether (sulfide) groups is 1. The molecule has 4 aliphatic rings. The number of sulfonamides is 1. The standard InChI is InChI=1S/C22H32ClN3O2S2/c1-25-8-2-5-21(14-25)6-9-26(10-7-21)30(27,28)20-4-3-17(11-19(20)23)24-18-12-22(13-18)15-29-16-22/h3-4,11,18,24H,2,5-10,12-16H2,1H3. The van der Waals surface area contributed by atoms with Crippen LogP contribution in [0.5, 0.6) is 0 Å². The number of benzene rings is 1. The second kappa shape index (κ2) is 7.84. The molecule has 0 unspecified atom stereocenters. The normalized spacial score (nSPS) is 27.0. The molecule has 0 radical (unpaired) electrons. The smallest absolute Gasteiger partial charge is 0.244 e. The highest BCUT2D eigenvalue weighted by molar-refractivity contribution is 8.00. The predicted molar refractivity (Wildman–Crippen MR) is 125 cm³/mol. The molecule has 3 heterocycles. The maximum absolute atomic E-state index is 13.3. The Labute approximate surface area is 190 Å². The lowest BCUT2D eigenvalue weighted by atomic mass is 9.67. The summed E-state index contributed by atoms with van der Waals surface area (Å²) in [6.07, 6.45) is 6.73. The first-order valence-electron chi connectivity index (χ1n) is 11.1. The van der Waals surface area contributed by atoms with Crippen LogP contribution in [0.3, 0.4) is 0 Å². The Morgan fingerprint density at radius 2 is 1.83 bits per heavy atom. The van der Waals surface area contributed by atoms with Crippen LogP contribution in [0.2, 0.25) is 5.02 Å². The molecule has 1 saturated carbocycles. The van der Waals surface area contributed by atoms with Gasteiger partial charge in [-0.1, -0.05) is 11.6 Å². The van der Waals surface area contributed by atoms with Crippen LogP contribution in [-0.2, 0) is 10.0 Å². The van der Waals surface area contributed by atoms with Crippen LogP contribution in [-0.4, -0.2) is 68.4 Å². The molecule has 0 amide bonds. The summed E-state index contributed by atoms with van der Waals surface area (Å²) in [5.74, 6) is 2.58. The van der Waals surface area contributed by atoms with E-state index in [1.807, 2.05) is 17.8 Å². The lowest BCUT2D eigenvalue weighted by Crippen LogP contribution is -2.52. The van der Waals surface area contributed by atoms with Crippen LogP contribution in [0.15, 0.2) is 23.1 Å². The molecule has 1 aliphatic carbocycles. The first-order valence-corrected chi connectivity index (χ1v) is 14.1. The van der Waals surface area contributed by atoms with E-state index in [2.05, 4.69) is 17.3 Å². The molecule has 5 rings (SSSR count). The Bertz CT molecular complexity index is 903. The van der Waals surface area contributed by atoms with E-state index in [9.17, 15) is 8.42 Å². The van der Waals surface area contributed by atoms with Gasteiger partial charge < -0.3 is 10.2 Å². The fraction of sp³-hybridized carbons (Fsp3) is 0.727. The van der Waals surface area contributed by atoms with Gasteiger partial charge in [0.25, 0.3) is 0 Å². The van der Waals surface area contributed by atoms with Gasteiger partial charge in [-0.2, -0.15) is 16.1 Å². The van der Waals surface area contributed by atoms with Crippen molar-refractivity contribution in [2.24, 2.45) is 10.8 Å². The van der Waals surface area contributed by atoms with Crippen molar-refractivity contribution in [3.05, 3.63) is 23.2 Å². The minimum atomic E-state index is -3.55. The summed E-state index contributed by atoms with van der Waals surface area (Å²) in [5, 5.41) is 3.86. The van der Waals surface area contributed by atoms with E-state index in [1.54, 1.807) is 16.4 Å². The first kappa shape index (κ1) is 21.4. The van der Waals surface area contributed by atoms with Gasteiger partial charge in [-0.15, -0.1) is 0 Å². The van der Waals surface area contributed by atoms with Crippen molar-refractivity contribution in [2.45, 2.75) is 49.5 Å². The number of rotatable bonds is 4. The number of hydrogen-bond acceptors (Lipinski definition) is 5. The molecule has 0 atom stereocenters. The van der Waals surface area contributed by atoms with Crippen molar-refractivity contribution < 1.29 is 8.42 Å². The largest absolute Gasteiger partial charge is 0.382 e. The van der Waals surface area contributed by atoms with Crippen LogP contribution in [0.1, 0.15) is 38.5 Å². The van der Waals surface area contributed by atoms with Crippen molar-refractivity contribution in [1.82, 2.24) is 9.21 Å². The molecule has 8 heteroatoms. The zero-order valence-electron chi connectivity index (χ0n) is 17.7. The summed E-state index contributed by atoms with van der Waals surface area (Å²) in [4.78, 5) is 2.64. The topological polar surface area (TPSA) is 52.7 Å². The number of nitrogens with zero attached hydrogens (tertiary/aromatic N) is 2. The lowest BCUT2D eigenvalue weighted by molar-refractivity contribution is 0.0565. The number of nitrogens with one attached hydrogen (secondary N) is 1. The molecule has 5 nitrogen and oxygen atoms in total. The Balaban J connectivity index is 1.23. The van der Waals surface area contributed by atoms with Crippen LogP contribution in [0.4, 0.5) is 5.69 Å². The molecule has 30 heavy (non-hydrogen) atoms. The van der Waals surface area contributed by atoms with Crippen LogP contribution >= 0.6 is 23.4 Å². The second-order valence-corrected chi connectivity index (χ2v) is 13.4. The van der Waals surface area contributed by atoms with Gasteiger partial charge in [0, 0.05) is 31.4 Å². The predicted octanol–water partition coefficient (Wildman–Crippen LogP) is 4.14. The summed E-state index contributed by atoms with van der Waals surface area (Å²) in [5.41, 5.74) is 1.79. The van der Waals surface area contributed by atoms with E-state index >= 15 is 0 Å². The van der Waals surface area contributed by atoms with Crippen molar-refractivity contribution in [3.8, 4) is 0 Å². The van der Waals surface area contributed by atoms with Gasteiger partial charge in [0.15, 0.2) is 0 Å². The van der Waals surface area contributed by atoms with Gasteiger partial charge in [-0.3, -0.25) is 0 Å². The number of anilines is 1. The number of piperidine rings is 2. The lowest BCUT2D eigenvalue weighted by Gasteiger charge is -2.53. The number of halogens is 1. The summed E-state index contributed by atoms with van der Waals surface area (Å²) in [6.45, 7) is 3.42. The molecule has 0 aromatic heterocycles. The van der Waals surface area contributed by atoms with Crippen molar-refractivity contribution in [1.29, 1.82) is 0 Å². The third kappa shape index (κ3) is 3.90. The Morgan fingerprint density at radius 1 is 1.10 bits per heavy atom. The molecular formula is C22H32ClN3O2S2.